The lowest BCUT2D eigenvalue weighted by Crippen LogP contribution is -2.37. The first kappa shape index (κ1) is 16.2. The lowest BCUT2D eigenvalue weighted by atomic mass is 9.98. The highest BCUT2D eigenvalue weighted by Gasteiger charge is 2.16. The van der Waals surface area contributed by atoms with Crippen molar-refractivity contribution in [1.29, 1.82) is 0 Å². The highest BCUT2D eigenvalue weighted by molar-refractivity contribution is 5.54. The van der Waals surface area contributed by atoms with Gasteiger partial charge in [-0.25, -0.2) is 0 Å². The van der Waals surface area contributed by atoms with E-state index in [0.717, 1.165) is 5.75 Å². The number of aryl methyl sites for hydroxylation is 1. The number of hydrogen-bond donors (Lipinski definition) is 2. The molecule has 0 aromatic heterocycles. The molecule has 0 saturated carbocycles. The van der Waals surface area contributed by atoms with Crippen LogP contribution in [0.4, 0.5) is 5.69 Å². The molecule has 2 unspecified atom stereocenters. The Morgan fingerprint density at radius 2 is 2.10 bits per heavy atom. The molecule has 2 atom stereocenters. The van der Waals surface area contributed by atoms with Crippen LogP contribution in [0.25, 0.3) is 0 Å². The average Bonchev–Trinajstić information content (AvgIpc) is 2.42. The van der Waals surface area contributed by atoms with Gasteiger partial charge in [0, 0.05) is 17.8 Å². The molecule has 0 amide bonds. The summed E-state index contributed by atoms with van der Waals surface area (Å²) in [5.41, 5.74) is 2.46. The van der Waals surface area contributed by atoms with E-state index in [2.05, 4.69) is 56.5 Å². The monoisotopic (exact) mass is 290 g/mol. The molecule has 1 fully saturated rings. The van der Waals surface area contributed by atoms with Crippen molar-refractivity contribution in [1.82, 2.24) is 5.32 Å². The van der Waals surface area contributed by atoms with E-state index in [1.54, 1.807) is 0 Å². The van der Waals surface area contributed by atoms with Crippen LogP contribution in [-0.2, 0) is 0 Å². The second-order valence-electron chi connectivity index (χ2n) is 6.57. The minimum atomic E-state index is 0.222. The zero-order chi connectivity index (χ0) is 15.2. The topological polar surface area (TPSA) is 33.3 Å². The highest BCUT2D eigenvalue weighted by Crippen LogP contribution is 2.24. The Balaban J connectivity index is 1.89. The Morgan fingerprint density at radius 3 is 2.71 bits per heavy atom. The summed E-state index contributed by atoms with van der Waals surface area (Å²) in [5, 5.41) is 7.26. The molecule has 0 radical (unpaired) electrons. The van der Waals surface area contributed by atoms with Gasteiger partial charge in [-0.2, -0.15) is 0 Å². The van der Waals surface area contributed by atoms with E-state index in [4.69, 9.17) is 4.74 Å². The van der Waals surface area contributed by atoms with Gasteiger partial charge in [-0.1, -0.05) is 6.42 Å². The van der Waals surface area contributed by atoms with Gasteiger partial charge in [-0.15, -0.1) is 0 Å². The lowest BCUT2D eigenvalue weighted by Gasteiger charge is -2.27. The van der Waals surface area contributed by atoms with E-state index in [-0.39, 0.29) is 6.10 Å². The molecular weight excluding hydrogens is 260 g/mol. The number of benzene rings is 1. The van der Waals surface area contributed by atoms with Gasteiger partial charge < -0.3 is 15.4 Å². The number of ether oxygens (including phenoxy) is 1. The Hall–Kier alpha value is -1.22. The predicted octanol–water partition coefficient (Wildman–Crippen LogP) is 4.11. The number of hydrogen-bond acceptors (Lipinski definition) is 3. The first-order valence-electron chi connectivity index (χ1n) is 8.32. The third kappa shape index (κ3) is 5.24. The maximum absolute atomic E-state index is 5.74. The Morgan fingerprint density at radius 1 is 1.29 bits per heavy atom. The second-order valence-corrected chi connectivity index (χ2v) is 6.57. The van der Waals surface area contributed by atoms with Gasteiger partial charge in [0.05, 0.1) is 6.10 Å². The average molecular weight is 290 g/mol. The fourth-order valence-corrected chi connectivity index (χ4v) is 3.02. The SMILES string of the molecule is Cc1cc(OC(C)C)ccc1NC(C)CC1CCCCN1. The minimum absolute atomic E-state index is 0.222. The van der Waals surface area contributed by atoms with Crippen molar-refractivity contribution < 1.29 is 4.74 Å². The van der Waals surface area contributed by atoms with Gasteiger partial charge in [0.1, 0.15) is 5.75 Å². The molecule has 21 heavy (non-hydrogen) atoms. The van der Waals surface area contributed by atoms with Crippen molar-refractivity contribution >= 4 is 5.69 Å². The van der Waals surface area contributed by atoms with Gasteiger partial charge >= 0.3 is 0 Å². The van der Waals surface area contributed by atoms with E-state index >= 15 is 0 Å². The van der Waals surface area contributed by atoms with Gasteiger partial charge in [-0.05, 0) is 77.3 Å². The van der Waals surface area contributed by atoms with Crippen LogP contribution in [0, 0.1) is 6.92 Å². The first-order valence-corrected chi connectivity index (χ1v) is 8.32. The summed E-state index contributed by atoms with van der Waals surface area (Å²) in [7, 11) is 0. The molecule has 3 nitrogen and oxygen atoms in total. The summed E-state index contributed by atoms with van der Waals surface area (Å²) < 4.78 is 5.74. The zero-order valence-corrected chi connectivity index (χ0v) is 13.9. The van der Waals surface area contributed by atoms with Crippen LogP contribution in [0.2, 0.25) is 0 Å². The van der Waals surface area contributed by atoms with Crippen LogP contribution in [0.15, 0.2) is 18.2 Å². The maximum Gasteiger partial charge on any atom is 0.120 e. The van der Waals surface area contributed by atoms with E-state index in [1.165, 1.54) is 43.5 Å². The number of rotatable bonds is 6. The van der Waals surface area contributed by atoms with Crippen LogP contribution >= 0.6 is 0 Å². The molecule has 1 heterocycles. The number of anilines is 1. The summed E-state index contributed by atoms with van der Waals surface area (Å²) >= 11 is 0. The summed E-state index contributed by atoms with van der Waals surface area (Å²) in [5.74, 6) is 0.953. The third-order valence-corrected chi connectivity index (χ3v) is 4.02. The molecule has 0 aliphatic carbocycles. The predicted molar refractivity (Wildman–Crippen MR) is 90.3 cm³/mol. The first-order chi connectivity index (χ1) is 10.0. The fourth-order valence-electron chi connectivity index (χ4n) is 3.02. The molecule has 118 valence electrons. The maximum atomic E-state index is 5.74. The quantitative estimate of drug-likeness (QED) is 0.827. The molecule has 1 aliphatic rings. The molecule has 0 bridgehead atoms. The second kappa shape index (κ2) is 7.69. The Labute approximate surface area is 129 Å². The molecule has 1 saturated heterocycles. The lowest BCUT2D eigenvalue weighted by molar-refractivity contribution is 0.242. The minimum Gasteiger partial charge on any atom is -0.491 e. The summed E-state index contributed by atoms with van der Waals surface area (Å²) in [6.45, 7) is 9.70. The van der Waals surface area contributed by atoms with Gasteiger partial charge in [0.25, 0.3) is 0 Å². The van der Waals surface area contributed by atoms with Crippen LogP contribution in [-0.4, -0.2) is 24.7 Å². The zero-order valence-electron chi connectivity index (χ0n) is 13.9. The van der Waals surface area contributed by atoms with Crippen molar-refractivity contribution in [3.63, 3.8) is 0 Å². The van der Waals surface area contributed by atoms with E-state index < -0.39 is 0 Å². The summed E-state index contributed by atoms with van der Waals surface area (Å²) in [6.07, 6.45) is 5.41. The Kier molecular flexibility index (Phi) is 5.92. The molecule has 2 rings (SSSR count). The van der Waals surface area contributed by atoms with E-state index in [9.17, 15) is 0 Å². The van der Waals surface area contributed by atoms with Crippen molar-refractivity contribution in [3.8, 4) is 5.75 Å². The van der Waals surface area contributed by atoms with Gasteiger partial charge in [0.2, 0.25) is 0 Å². The van der Waals surface area contributed by atoms with Crippen LogP contribution in [0.1, 0.15) is 52.0 Å². The summed E-state index contributed by atoms with van der Waals surface area (Å²) in [6, 6.07) is 7.47. The normalized spacial score (nSPS) is 20.3. The molecule has 0 spiro atoms. The van der Waals surface area contributed by atoms with Crippen molar-refractivity contribution in [3.05, 3.63) is 23.8 Å². The number of piperidine rings is 1. The van der Waals surface area contributed by atoms with E-state index in [0.29, 0.717) is 12.1 Å². The van der Waals surface area contributed by atoms with Crippen LogP contribution in [0.3, 0.4) is 0 Å². The van der Waals surface area contributed by atoms with Crippen LogP contribution < -0.4 is 15.4 Å². The van der Waals surface area contributed by atoms with Gasteiger partial charge in [-0.3, -0.25) is 0 Å². The van der Waals surface area contributed by atoms with Crippen molar-refractivity contribution in [2.45, 2.75) is 71.6 Å². The summed E-state index contributed by atoms with van der Waals surface area (Å²) in [4.78, 5) is 0. The fraction of sp³-hybridized carbons (Fsp3) is 0.667. The highest BCUT2D eigenvalue weighted by atomic mass is 16.5. The largest absolute Gasteiger partial charge is 0.491 e. The molecule has 1 aromatic rings. The van der Waals surface area contributed by atoms with Gasteiger partial charge in [0.15, 0.2) is 0 Å². The molecular formula is C18H30N2O. The molecule has 2 N–H and O–H groups in total. The molecule has 1 aromatic carbocycles. The Bertz CT molecular complexity index is 439. The van der Waals surface area contributed by atoms with Crippen molar-refractivity contribution in [2.75, 3.05) is 11.9 Å². The van der Waals surface area contributed by atoms with Crippen LogP contribution in [0.5, 0.6) is 5.75 Å². The number of nitrogens with one attached hydrogen (secondary N) is 2. The van der Waals surface area contributed by atoms with E-state index in [1.807, 2.05) is 0 Å². The smallest absolute Gasteiger partial charge is 0.120 e. The molecule has 3 heteroatoms. The standard InChI is InChI=1S/C18H30N2O/c1-13(2)21-17-8-9-18(14(3)11-17)20-15(4)12-16-7-5-6-10-19-16/h8-9,11,13,15-16,19-20H,5-7,10,12H2,1-4H3. The van der Waals surface area contributed by atoms with Crippen molar-refractivity contribution in [2.24, 2.45) is 0 Å². The molecule has 1 aliphatic heterocycles. The third-order valence-electron chi connectivity index (χ3n) is 4.02.